The lowest BCUT2D eigenvalue weighted by atomic mass is 10.1. The van der Waals surface area contributed by atoms with E-state index in [-0.39, 0.29) is 17.5 Å². The van der Waals surface area contributed by atoms with Crippen LogP contribution < -0.4 is 5.32 Å². The molecule has 5 aromatic rings. The van der Waals surface area contributed by atoms with Crippen LogP contribution >= 0.6 is 11.8 Å². The van der Waals surface area contributed by atoms with Gasteiger partial charge in [-0.2, -0.15) is 0 Å². The van der Waals surface area contributed by atoms with Crippen molar-refractivity contribution in [3.63, 3.8) is 0 Å². The molecule has 0 fully saturated rings. The van der Waals surface area contributed by atoms with Crippen molar-refractivity contribution >= 4 is 39.7 Å². The van der Waals surface area contributed by atoms with E-state index in [2.05, 4.69) is 20.1 Å². The van der Waals surface area contributed by atoms with Gasteiger partial charge in [0.2, 0.25) is 11.1 Å². The molecule has 34 heavy (non-hydrogen) atoms. The van der Waals surface area contributed by atoms with E-state index in [1.54, 1.807) is 12.1 Å². The van der Waals surface area contributed by atoms with Crippen LogP contribution in [0.25, 0.3) is 22.1 Å². The summed E-state index contributed by atoms with van der Waals surface area (Å²) in [5.74, 6) is -0.132. The highest BCUT2D eigenvalue weighted by Crippen LogP contribution is 2.28. The van der Waals surface area contributed by atoms with Crippen LogP contribution in [0.1, 0.15) is 11.1 Å². The second-order valence-electron chi connectivity index (χ2n) is 7.87. The van der Waals surface area contributed by atoms with Gasteiger partial charge in [-0.25, -0.2) is 9.37 Å². The SMILES string of the molecule is O=C(CSc1nnc2c3ccccc3n(Cc3ccc(F)cc3)c2n1)NCCc1ccccc1. The van der Waals surface area contributed by atoms with Crippen LogP contribution in [0.5, 0.6) is 0 Å². The monoisotopic (exact) mass is 471 g/mol. The number of hydrogen-bond donors (Lipinski definition) is 1. The van der Waals surface area contributed by atoms with E-state index in [0.717, 1.165) is 22.9 Å². The van der Waals surface area contributed by atoms with E-state index in [1.807, 2.05) is 54.6 Å². The maximum Gasteiger partial charge on any atom is 0.230 e. The molecule has 0 spiro atoms. The summed E-state index contributed by atoms with van der Waals surface area (Å²) in [5.41, 5.74) is 4.50. The second kappa shape index (κ2) is 10.0. The molecule has 0 atom stereocenters. The van der Waals surface area contributed by atoms with Crippen LogP contribution in [0.15, 0.2) is 84.0 Å². The predicted molar refractivity (Wildman–Crippen MR) is 132 cm³/mol. The third-order valence-electron chi connectivity index (χ3n) is 5.52. The summed E-state index contributed by atoms with van der Waals surface area (Å²) < 4.78 is 15.4. The van der Waals surface area contributed by atoms with Crippen LogP contribution in [-0.4, -0.2) is 38.0 Å². The van der Waals surface area contributed by atoms with Gasteiger partial charge >= 0.3 is 0 Å². The summed E-state index contributed by atoms with van der Waals surface area (Å²) in [6, 6.07) is 24.4. The van der Waals surface area contributed by atoms with E-state index in [0.29, 0.717) is 29.4 Å². The van der Waals surface area contributed by atoms with Gasteiger partial charge in [-0.05, 0) is 35.7 Å². The highest BCUT2D eigenvalue weighted by molar-refractivity contribution is 7.99. The molecule has 2 aromatic heterocycles. The van der Waals surface area contributed by atoms with Crippen molar-refractivity contribution in [1.29, 1.82) is 0 Å². The summed E-state index contributed by atoms with van der Waals surface area (Å²) in [7, 11) is 0. The number of halogens is 1. The topological polar surface area (TPSA) is 72.7 Å². The van der Waals surface area contributed by atoms with Crippen molar-refractivity contribution in [3.8, 4) is 0 Å². The summed E-state index contributed by atoms with van der Waals surface area (Å²) in [5, 5.41) is 13.0. The number of hydrogen-bond acceptors (Lipinski definition) is 5. The average Bonchev–Trinajstić information content (AvgIpc) is 3.18. The van der Waals surface area contributed by atoms with Gasteiger partial charge in [-0.1, -0.05) is 72.4 Å². The van der Waals surface area contributed by atoms with E-state index < -0.39 is 0 Å². The molecule has 0 radical (unpaired) electrons. The standard InChI is InChI=1S/C26H22FN5OS/c27-20-12-10-19(11-13-20)16-32-22-9-5-4-8-21(22)24-25(32)29-26(31-30-24)34-17-23(33)28-15-14-18-6-2-1-3-7-18/h1-13H,14-17H2,(H,28,33). The summed E-state index contributed by atoms with van der Waals surface area (Å²) >= 11 is 1.26. The third kappa shape index (κ3) is 4.92. The van der Waals surface area contributed by atoms with E-state index in [4.69, 9.17) is 4.98 Å². The molecule has 0 aliphatic carbocycles. The van der Waals surface area contributed by atoms with Crippen LogP contribution in [0.3, 0.4) is 0 Å². The molecule has 0 unspecified atom stereocenters. The lowest BCUT2D eigenvalue weighted by molar-refractivity contribution is -0.118. The largest absolute Gasteiger partial charge is 0.355 e. The van der Waals surface area contributed by atoms with Gasteiger partial charge in [0, 0.05) is 18.5 Å². The Morgan fingerprint density at radius 1 is 0.912 bits per heavy atom. The molecule has 0 saturated heterocycles. The Balaban J connectivity index is 1.32. The van der Waals surface area contributed by atoms with Gasteiger partial charge in [0.05, 0.1) is 11.3 Å². The van der Waals surface area contributed by atoms with Gasteiger partial charge in [-0.15, -0.1) is 10.2 Å². The molecule has 8 heteroatoms. The van der Waals surface area contributed by atoms with Gasteiger partial charge in [0.15, 0.2) is 5.65 Å². The normalized spacial score (nSPS) is 11.2. The maximum absolute atomic E-state index is 13.4. The third-order valence-corrected chi connectivity index (χ3v) is 6.36. The minimum Gasteiger partial charge on any atom is -0.355 e. The lowest BCUT2D eigenvalue weighted by Gasteiger charge is -2.08. The molecule has 2 heterocycles. The van der Waals surface area contributed by atoms with Crippen molar-refractivity contribution in [2.24, 2.45) is 0 Å². The minimum atomic E-state index is -0.268. The molecule has 0 saturated carbocycles. The molecule has 170 valence electrons. The Hall–Kier alpha value is -3.78. The van der Waals surface area contributed by atoms with Crippen molar-refractivity contribution in [2.75, 3.05) is 12.3 Å². The quantitative estimate of drug-likeness (QED) is 0.335. The molecule has 5 rings (SSSR count). The molecule has 0 aliphatic rings. The average molecular weight is 472 g/mol. The fourth-order valence-electron chi connectivity index (χ4n) is 3.85. The summed E-state index contributed by atoms with van der Waals surface area (Å²) in [6.45, 7) is 1.10. The zero-order valence-electron chi connectivity index (χ0n) is 18.3. The number of carbonyl (C=O) groups excluding carboxylic acids is 1. The molecule has 1 N–H and O–H groups in total. The molecule has 1 amide bonds. The van der Waals surface area contributed by atoms with Gasteiger partial charge in [-0.3, -0.25) is 4.79 Å². The number of thioether (sulfide) groups is 1. The van der Waals surface area contributed by atoms with Crippen LogP contribution in [-0.2, 0) is 17.8 Å². The summed E-state index contributed by atoms with van der Waals surface area (Å²) in [4.78, 5) is 17.0. The number of rotatable bonds is 8. The first kappa shape index (κ1) is 22.0. The Morgan fingerprint density at radius 3 is 2.50 bits per heavy atom. The minimum absolute atomic E-state index is 0.0727. The Kier molecular flexibility index (Phi) is 6.49. The van der Waals surface area contributed by atoms with Crippen molar-refractivity contribution < 1.29 is 9.18 Å². The number of fused-ring (bicyclic) bond motifs is 3. The highest BCUT2D eigenvalue weighted by atomic mass is 32.2. The molecule has 0 aliphatic heterocycles. The van der Waals surface area contributed by atoms with Crippen LogP contribution in [0, 0.1) is 5.82 Å². The molecular formula is C26H22FN5OS. The van der Waals surface area contributed by atoms with E-state index in [9.17, 15) is 9.18 Å². The Bertz CT molecular complexity index is 1440. The zero-order chi connectivity index (χ0) is 23.3. The van der Waals surface area contributed by atoms with Gasteiger partial charge < -0.3 is 9.88 Å². The highest BCUT2D eigenvalue weighted by Gasteiger charge is 2.16. The van der Waals surface area contributed by atoms with Crippen molar-refractivity contribution in [1.82, 2.24) is 25.1 Å². The van der Waals surface area contributed by atoms with Crippen LogP contribution in [0.4, 0.5) is 4.39 Å². The second-order valence-corrected chi connectivity index (χ2v) is 8.81. The molecular weight excluding hydrogens is 449 g/mol. The van der Waals surface area contributed by atoms with Gasteiger partial charge in [0.25, 0.3) is 0 Å². The number of para-hydroxylation sites is 1. The molecule has 3 aromatic carbocycles. The Labute approximate surface area is 200 Å². The first-order chi connectivity index (χ1) is 16.7. The number of amides is 1. The smallest absolute Gasteiger partial charge is 0.230 e. The summed E-state index contributed by atoms with van der Waals surface area (Å²) in [6.07, 6.45) is 0.782. The first-order valence-electron chi connectivity index (χ1n) is 11.0. The lowest BCUT2D eigenvalue weighted by Crippen LogP contribution is -2.27. The fraction of sp³-hybridized carbons (Fsp3) is 0.154. The molecule has 0 bridgehead atoms. The van der Waals surface area contributed by atoms with Crippen molar-refractivity contribution in [3.05, 3.63) is 95.8 Å². The van der Waals surface area contributed by atoms with E-state index >= 15 is 0 Å². The zero-order valence-corrected chi connectivity index (χ0v) is 19.1. The number of nitrogens with one attached hydrogen (secondary N) is 1. The number of benzene rings is 3. The number of nitrogens with zero attached hydrogens (tertiary/aromatic N) is 4. The Morgan fingerprint density at radius 2 is 1.68 bits per heavy atom. The van der Waals surface area contributed by atoms with Crippen molar-refractivity contribution in [2.45, 2.75) is 18.1 Å². The number of carbonyl (C=O) groups is 1. The maximum atomic E-state index is 13.4. The van der Waals surface area contributed by atoms with Crippen LogP contribution in [0.2, 0.25) is 0 Å². The van der Waals surface area contributed by atoms with Gasteiger partial charge in [0.1, 0.15) is 11.3 Å². The van der Waals surface area contributed by atoms with E-state index in [1.165, 1.54) is 29.5 Å². The fourth-order valence-corrected chi connectivity index (χ4v) is 4.47. The number of aromatic nitrogens is 4. The predicted octanol–water partition coefficient (Wildman–Crippen LogP) is 4.62. The molecule has 6 nitrogen and oxygen atoms in total. The first-order valence-corrected chi connectivity index (χ1v) is 12.0.